The highest BCUT2D eigenvalue weighted by Gasteiger charge is 2.42. The van der Waals surface area contributed by atoms with Gasteiger partial charge in [0.1, 0.15) is 5.69 Å². The Hall–Kier alpha value is -2.11. The number of anilines is 1. The molecule has 1 aromatic carbocycles. The van der Waals surface area contributed by atoms with E-state index in [9.17, 15) is 20.0 Å². The topological polar surface area (TPSA) is 92.5 Å². The summed E-state index contributed by atoms with van der Waals surface area (Å²) in [5.41, 5.74) is -0.114. The Labute approximate surface area is 117 Å². The molecular formula is C14H18N2O4. The first-order valence-electron chi connectivity index (χ1n) is 6.71. The maximum absolute atomic E-state index is 11.7. The van der Waals surface area contributed by atoms with Crippen molar-refractivity contribution < 1.29 is 14.8 Å². The number of hydrogen-bond acceptors (Lipinski definition) is 4. The zero-order chi connectivity index (χ0) is 14.8. The molecule has 1 aliphatic rings. The number of hydrogen-bond donors (Lipinski definition) is 2. The smallest absolute Gasteiger partial charge is 0.314 e. The molecule has 2 rings (SSSR count). The molecule has 0 amide bonds. The molecule has 0 aliphatic heterocycles. The number of aliphatic carboxylic acids is 1. The van der Waals surface area contributed by atoms with Crippen molar-refractivity contribution in [2.45, 2.75) is 37.5 Å². The van der Waals surface area contributed by atoms with Crippen LogP contribution in [0.3, 0.4) is 0 Å². The van der Waals surface area contributed by atoms with Crippen LogP contribution >= 0.6 is 0 Å². The number of carboxylic acids is 1. The molecule has 0 radical (unpaired) electrons. The summed E-state index contributed by atoms with van der Waals surface area (Å²) in [6.07, 6.45) is 3.78. The molecule has 1 saturated carbocycles. The Kier molecular flexibility index (Phi) is 3.92. The van der Waals surface area contributed by atoms with Crippen molar-refractivity contribution in [1.29, 1.82) is 0 Å². The zero-order valence-electron chi connectivity index (χ0n) is 11.4. The van der Waals surface area contributed by atoms with E-state index in [1.807, 2.05) is 0 Å². The standard InChI is InChI=1S/C14H18N2O4/c1-15-11-6-5-10(9-12(11)16(19)20)14(13(17)18)7-3-2-4-8-14/h5-6,9,15H,2-4,7-8H2,1H3,(H,17,18). The first-order valence-corrected chi connectivity index (χ1v) is 6.71. The fourth-order valence-corrected chi connectivity index (χ4v) is 2.97. The van der Waals surface area contributed by atoms with Crippen LogP contribution in [0.4, 0.5) is 11.4 Å². The lowest BCUT2D eigenvalue weighted by atomic mass is 9.69. The van der Waals surface area contributed by atoms with E-state index in [4.69, 9.17) is 0 Å². The molecule has 2 N–H and O–H groups in total. The molecule has 108 valence electrons. The van der Waals surface area contributed by atoms with E-state index >= 15 is 0 Å². The van der Waals surface area contributed by atoms with E-state index in [-0.39, 0.29) is 5.69 Å². The maximum Gasteiger partial charge on any atom is 0.314 e. The van der Waals surface area contributed by atoms with Crippen molar-refractivity contribution >= 4 is 17.3 Å². The molecule has 1 fully saturated rings. The summed E-state index contributed by atoms with van der Waals surface area (Å²) in [5.74, 6) is -0.885. The van der Waals surface area contributed by atoms with Gasteiger partial charge in [-0.05, 0) is 24.5 Å². The van der Waals surface area contributed by atoms with Crippen LogP contribution in [0.25, 0.3) is 0 Å². The van der Waals surface area contributed by atoms with Crippen molar-refractivity contribution in [2.75, 3.05) is 12.4 Å². The Morgan fingerprint density at radius 2 is 2.00 bits per heavy atom. The van der Waals surface area contributed by atoms with Gasteiger partial charge in [-0.3, -0.25) is 14.9 Å². The summed E-state index contributed by atoms with van der Waals surface area (Å²) in [6.45, 7) is 0. The van der Waals surface area contributed by atoms with Crippen LogP contribution in [0, 0.1) is 10.1 Å². The van der Waals surface area contributed by atoms with Crippen LogP contribution in [0.2, 0.25) is 0 Å². The summed E-state index contributed by atoms with van der Waals surface area (Å²) >= 11 is 0. The largest absolute Gasteiger partial charge is 0.481 e. The number of carbonyl (C=O) groups is 1. The lowest BCUT2D eigenvalue weighted by Crippen LogP contribution is -2.37. The van der Waals surface area contributed by atoms with Gasteiger partial charge >= 0.3 is 5.97 Å². The summed E-state index contributed by atoms with van der Waals surface area (Å²) in [5, 5.41) is 23.5. The van der Waals surface area contributed by atoms with Gasteiger partial charge in [-0.15, -0.1) is 0 Å². The van der Waals surface area contributed by atoms with Crippen LogP contribution in [-0.4, -0.2) is 23.0 Å². The lowest BCUT2D eigenvalue weighted by molar-refractivity contribution is -0.384. The fraction of sp³-hybridized carbons (Fsp3) is 0.500. The van der Waals surface area contributed by atoms with Crippen LogP contribution < -0.4 is 5.32 Å². The highest BCUT2D eigenvalue weighted by Crippen LogP contribution is 2.42. The molecule has 0 heterocycles. The Morgan fingerprint density at radius 3 is 2.50 bits per heavy atom. The number of nitro groups is 1. The Morgan fingerprint density at radius 1 is 1.35 bits per heavy atom. The molecule has 0 bridgehead atoms. The third kappa shape index (κ3) is 2.33. The zero-order valence-corrected chi connectivity index (χ0v) is 11.4. The van der Waals surface area contributed by atoms with E-state index in [2.05, 4.69) is 5.32 Å². The number of nitrogens with one attached hydrogen (secondary N) is 1. The van der Waals surface area contributed by atoms with E-state index < -0.39 is 16.3 Å². The van der Waals surface area contributed by atoms with Crippen molar-refractivity contribution in [3.63, 3.8) is 0 Å². The molecule has 0 spiro atoms. The highest BCUT2D eigenvalue weighted by molar-refractivity contribution is 5.82. The summed E-state index contributed by atoms with van der Waals surface area (Å²) in [6, 6.07) is 4.69. The van der Waals surface area contributed by atoms with Gasteiger partial charge < -0.3 is 10.4 Å². The Bertz CT molecular complexity index is 536. The predicted octanol–water partition coefficient (Wildman–Crippen LogP) is 2.92. The monoisotopic (exact) mass is 278 g/mol. The summed E-state index contributed by atoms with van der Waals surface area (Å²) in [7, 11) is 1.61. The molecule has 0 saturated heterocycles. The molecule has 1 aliphatic carbocycles. The molecule has 1 aromatic rings. The number of benzene rings is 1. The molecular weight excluding hydrogens is 260 g/mol. The third-order valence-electron chi connectivity index (χ3n) is 4.13. The van der Waals surface area contributed by atoms with E-state index in [1.54, 1.807) is 19.2 Å². The van der Waals surface area contributed by atoms with Crippen molar-refractivity contribution in [2.24, 2.45) is 0 Å². The van der Waals surface area contributed by atoms with Gasteiger partial charge in [0, 0.05) is 13.1 Å². The first kappa shape index (κ1) is 14.3. The molecule has 0 unspecified atom stereocenters. The molecule has 0 atom stereocenters. The number of nitro benzene ring substituents is 1. The van der Waals surface area contributed by atoms with Gasteiger partial charge in [0.2, 0.25) is 0 Å². The minimum absolute atomic E-state index is 0.0730. The average Bonchev–Trinajstić information content (AvgIpc) is 2.47. The Balaban J connectivity index is 2.52. The first-order chi connectivity index (χ1) is 9.51. The molecule has 0 aromatic heterocycles. The van der Waals surface area contributed by atoms with Crippen molar-refractivity contribution in [3.8, 4) is 0 Å². The summed E-state index contributed by atoms with van der Waals surface area (Å²) in [4.78, 5) is 22.4. The van der Waals surface area contributed by atoms with Crippen LogP contribution in [0.15, 0.2) is 18.2 Å². The summed E-state index contributed by atoms with van der Waals surface area (Å²) < 4.78 is 0. The van der Waals surface area contributed by atoms with Gasteiger partial charge in [0.25, 0.3) is 5.69 Å². The predicted molar refractivity (Wildman–Crippen MR) is 75.0 cm³/mol. The average molecular weight is 278 g/mol. The van der Waals surface area contributed by atoms with Crippen LogP contribution in [-0.2, 0) is 10.2 Å². The third-order valence-corrected chi connectivity index (χ3v) is 4.13. The van der Waals surface area contributed by atoms with Gasteiger partial charge in [-0.25, -0.2) is 0 Å². The van der Waals surface area contributed by atoms with Crippen LogP contribution in [0.1, 0.15) is 37.7 Å². The SMILES string of the molecule is CNc1ccc(C2(C(=O)O)CCCCC2)cc1[N+](=O)[O-]. The minimum atomic E-state index is -0.977. The molecule has 20 heavy (non-hydrogen) atoms. The minimum Gasteiger partial charge on any atom is -0.481 e. The number of rotatable bonds is 4. The highest BCUT2D eigenvalue weighted by atomic mass is 16.6. The van der Waals surface area contributed by atoms with Crippen LogP contribution in [0.5, 0.6) is 0 Å². The molecule has 6 heteroatoms. The number of nitrogens with zero attached hydrogens (tertiary/aromatic N) is 1. The number of carboxylic acid groups (broad SMARTS) is 1. The maximum atomic E-state index is 11.7. The second-order valence-electron chi connectivity index (χ2n) is 5.19. The second kappa shape index (κ2) is 5.48. The quantitative estimate of drug-likeness (QED) is 0.652. The van der Waals surface area contributed by atoms with E-state index in [1.165, 1.54) is 6.07 Å². The van der Waals surface area contributed by atoms with Crippen molar-refractivity contribution in [1.82, 2.24) is 0 Å². The van der Waals surface area contributed by atoms with E-state index in [0.717, 1.165) is 19.3 Å². The van der Waals surface area contributed by atoms with Crippen molar-refractivity contribution in [3.05, 3.63) is 33.9 Å². The second-order valence-corrected chi connectivity index (χ2v) is 5.19. The fourth-order valence-electron chi connectivity index (χ4n) is 2.97. The van der Waals surface area contributed by atoms with E-state index in [0.29, 0.717) is 24.1 Å². The van der Waals surface area contributed by atoms with Gasteiger partial charge in [-0.2, -0.15) is 0 Å². The normalized spacial score (nSPS) is 17.4. The van der Waals surface area contributed by atoms with Gasteiger partial charge in [0.05, 0.1) is 10.3 Å². The lowest BCUT2D eigenvalue weighted by Gasteiger charge is -2.33. The molecule has 6 nitrogen and oxygen atoms in total. The van der Waals surface area contributed by atoms with Gasteiger partial charge in [-0.1, -0.05) is 25.3 Å². The van der Waals surface area contributed by atoms with Gasteiger partial charge in [0.15, 0.2) is 0 Å².